The first-order chi connectivity index (χ1) is 13.7. The van der Waals surface area contributed by atoms with Crippen molar-refractivity contribution >= 4 is 45.2 Å². The summed E-state index contributed by atoms with van der Waals surface area (Å²) in [4.78, 5) is 36.4. The van der Waals surface area contributed by atoms with Crippen LogP contribution >= 0.6 is 15.9 Å². The molecule has 8 heteroatoms. The summed E-state index contributed by atoms with van der Waals surface area (Å²) in [6, 6.07) is 14.0. The summed E-state index contributed by atoms with van der Waals surface area (Å²) < 4.78 is 5.79. The van der Waals surface area contributed by atoms with Gasteiger partial charge >= 0.3 is 6.09 Å². The van der Waals surface area contributed by atoms with E-state index in [1.165, 1.54) is 0 Å². The van der Waals surface area contributed by atoms with Gasteiger partial charge in [-0.2, -0.15) is 0 Å². The maximum Gasteiger partial charge on any atom is 0.407 e. The molecular weight excluding hydrogens is 438 g/mol. The maximum atomic E-state index is 12.5. The number of para-hydroxylation sites is 2. The number of hydrogen-bond donors (Lipinski definition) is 3. The lowest BCUT2D eigenvalue weighted by Crippen LogP contribution is -2.34. The van der Waals surface area contributed by atoms with E-state index < -0.39 is 11.7 Å². The van der Waals surface area contributed by atoms with Crippen molar-refractivity contribution in [2.24, 2.45) is 0 Å². The summed E-state index contributed by atoms with van der Waals surface area (Å²) in [6.07, 6.45) is -0.516. The van der Waals surface area contributed by atoms with Gasteiger partial charge in [0.05, 0.1) is 16.9 Å². The molecule has 0 unspecified atom stereocenters. The van der Waals surface area contributed by atoms with Crippen LogP contribution in [0.5, 0.6) is 0 Å². The summed E-state index contributed by atoms with van der Waals surface area (Å²) >= 11 is 3.35. The predicted octanol–water partition coefficient (Wildman–Crippen LogP) is 4.55. The van der Waals surface area contributed by atoms with Crippen LogP contribution < -0.4 is 16.0 Å². The highest BCUT2D eigenvalue weighted by atomic mass is 79.9. The second kappa shape index (κ2) is 10.1. The van der Waals surface area contributed by atoms with Gasteiger partial charge in [-0.25, -0.2) is 4.79 Å². The van der Waals surface area contributed by atoms with Gasteiger partial charge in [0.25, 0.3) is 5.91 Å². The van der Waals surface area contributed by atoms with Crippen LogP contribution in [0, 0.1) is 0 Å². The molecule has 0 aromatic heterocycles. The van der Waals surface area contributed by atoms with E-state index in [4.69, 9.17) is 4.74 Å². The first kappa shape index (κ1) is 22.4. The number of carbonyl (C=O) groups is 3. The van der Waals surface area contributed by atoms with E-state index in [2.05, 4.69) is 31.9 Å². The topological polar surface area (TPSA) is 96.5 Å². The van der Waals surface area contributed by atoms with E-state index in [1.54, 1.807) is 63.2 Å². The van der Waals surface area contributed by atoms with Crippen LogP contribution in [0.3, 0.4) is 0 Å². The Morgan fingerprint density at radius 3 is 2.14 bits per heavy atom. The molecule has 29 heavy (non-hydrogen) atoms. The highest BCUT2D eigenvalue weighted by Gasteiger charge is 2.16. The van der Waals surface area contributed by atoms with Gasteiger partial charge in [0, 0.05) is 17.4 Å². The van der Waals surface area contributed by atoms with Crippen LogP contribution in [0.2, 0.25) is 0 Å². The summed E-state index contributed by atoms with van der Waals surface area (Å²) in [5.41, 5.74) is 0.823. The van der Waals surface area contributed by atoms with Crippen molar-refractivity contribution < 1.29 is 19.1 Å². The SMILES string of the molecule is CC(C)(C)OC(=O)NCCC(=O)Nc1ccccc1NC(=O)c1ccccc1Br. The molecule has 0 saturated heterocycles. The van der Waals surface area contributed by atoms with Crippen molar-refractivity contribution in [3.05, 3.63) is 58.6 Å². The molecule has 0 radical (unpaired) electrons. The third-order valence-corrected chi connectivity index (χ3v) is 4.28. The van der Waals surface area contributed by atoms with Crippen LogP contribution in [-0.4, -0.2) is 30.1 Å². The van der Waals surface area contributed by atoms with E-state index in [9.17, 15) is 14.4 Å². The van der Waals surface area contributed by atoms with Crippen molar-refractivity contribution in [2.45, 2.75) is 32.8 Å². The third-order valence-electron chi connectivity index (χ3n) is 3.59. The van der Waals surface area contributed by atoms with Gasteiger partial charge in [-0.15, -0.1) is 0 Å². The first-order valence-corrected chi connectivity index (χ1v) is 9.86. The minimum atomic E-state index is -0.600. The average Bonchev–Trinajstić information content (AvgIpc) is 2.62. The summed E-state index contributed by atoms with van der Waals surface area (Å²) in [5.74, 6) is -0.602. The highest BCUT2D eigenvalue weighted by Crippen LogP contribution is 2.23. The molecule has 0 aliphatic rings. The summed E-state index contributed by atoms with van der Waals surface area (Å²) in [7, 11) is 0. The summed E-state index contributed by atoms with van der Waals surface area (Å²) in [6.45, 7) is 5.42. The fourth-order valence-electron chi connectivity index (χ4n) is 2.34. The summed E-state index contributed by atoms with van der Waals surface area (Å²) in [5, 5.41) is 8.08. The average molecular weight is 462 g/mol. The lowest BCUT2D eigenvalue weighted by Gasteiger charge is -2.19. The monoisotopic (exact) mass is 461 g/mol. The molecule has 154 valence electrons. The van der Waals surface area contributed by atoms with E-state index in [0.29, 0.717) is 21.4 Å². The number of amides is 3. The number of rotatable bonds is 6. The Hall–Kier alpha value is -2.87. The van der Waals surface area contributed by atoms with Crippen molar-refractivity contribution in [3.63, 3.8) is 0 Å². The van der Waals surface area contributed by atoms with Crippen molar-refractivity contribution in [1.29, 1.82) is 0 Å². The molecule has 2 aromatic rings. The maximum absolute atomic E-state index is 12.5. The van der Waals surface area contributed by atoms with Gasteiger partial charge < -0.3 is 20.7 Å². The molecular formula is C21H24BrN3O4. The number of nitrogens with one attached hydrogen (secondary N) is 3. The van der Waals surface area contributed by atoms with E-state index in [0.717, 1.165) is 0 Å². The Kier molecular flexibility index (Phi) is 7.78. The lowest BCUT2D eigenvalue weighted by atomic mass is 10.2. The molecule has 0 spiro atoms. The van der Waals surface area contributed by atoms with Gasteiger partial charge in [0.2, 0.25) is 5.91 Å². The largest absolute Gasteiger partial charge is 0.444 e. The molecule has 0 aliphatic carbocycles. The molecule has 2 aromatic carbocycles. The number of carbonyl (C=O) groups excluding carboxylic acids is 3. The normalized spacial score (nSPS) is 10.8. The second-order valence-corrected chi connectivity index (χ2v) is 8.06. The smallest absolute Gasteiger partial charge is 0.407 e. The minimum absolute atomic E-state index is 0.0613. The number of anilines is 2. The van der Waals surface area contributed by atoms with Crippen molar-refractivity contribution in [2.75, 3.05) is 17.2 Å². The van der Waals surface area contributed by atoms with Crippen molar-refractivity contribution in [3.8, 4) is 0 Å². The Balaban J connectivity index is 1.93. The molecule has 2 rings (SSSR count). The number of hydrogen-bond acceptors (Lipinski definition) is 4. The molecule has 3 amide bonds. The molecule has 0 aliphatic heterocycles. The standard InChI is InChI=1S/C21H24BrN3O4/c1-21(2,3)29-20(28)23-13-12-18(26)24-16-10-6-7-11-17(16)25-19(27)14-8-4-5-9-15(14)22/h4-11H,12-13H2,1-3H3,(H,23,28)(H,24,26)(H,25,27). The van der Waals surface area contributed by atoms with Crippen LogP contribution in [0.25, 0.3) is 0 Å². The van der Waals surface area contributed by atoms with E-state index in [-0.39, 0.29) is 24.8 Å². The lowest BCUT2D eigenvalue weighted by molar-refractivity contribution is -0.116. The molecule has 0 fully saturated rings. The van der Waals surface area contributed by atoms with Crippen LogP contribution in [0.1, 0.15) is 37.6 Å². The minimum Gasteiger partial charge on any atom is -0.444 e. The van der Waals surface area contributed by atoms with Gasteiger partial charge in [0.15, 0.2) is 0 Å². The first-order valence-electron chi connectivity index (χ1n) is 9.07. The predicted molar refractivity (Wildman–Crippen MR) is 116 cm³/mol. The zero-order valence-electron chi connectivity index (χ0n) is 16.5. The molecule has 3 N–H and O–H groups in total. The molecule has 7 nitrogen and oxygen atoms in total. The quantitative estimate of drug-likeness (QED) is 0.587. The number of alkyl carbamates (subject to hydrolysis) is 1. The second-order valence-electron chi connectivity index (χ2n) is 7.21. The Morgan fingerprint density at radius 2 is 1.52 bits per heavy atom. The fraction of sp³-hybridized carbons (Fsp3) is 0.286. The number of benzene rings is 2. The van der Waals surface area contributed by atoms with Crippen LogP contribution in [0.15, 0.2) is 53.0 Å². The molecule has 0 bridgehead atoms. The van der Waals surface area contributed by atoms with Gasteiger partial charge in [-0.1, -0.05) is 24.3 Å². The van der Waals surface area contributed by atoms with Gasteiger partial charge in [-0.05, 0) is 61.0 Å². The van der Waals surface area contributed by atoms with Gasteiger partial charge in [-0.3, -0.25) is 9.59 Å². The van der Waals surface area contributed by atoms with Crippen LogP contribution in [-0.2, 0) is 9.53 Å². The van der Waals surface area contributed by atoms with E-state index >= 15 is 0 Å². The zero-order valence-corrected chi connectivity index (χ0v) is 18.1. The van der Waals surface area contributed by atoms with Crippen LogP contribution in [0.4, 0.5) is 16.2 Å². The van der Waals surface area contributed by atoms with Gasteiger partial charge in [0.1, 0.15) is 5.60 Å². The number of halogens is 1. The zero-order chi connectivity index (χ0) is 21.4. The fourth-order valence-corrected chi connectivity index (χ4v) is 2.81. The Labute approximate surface area is 178 Å². The molecule has 0 heterocycles. The Bertz CT molecular complexity index is 893. The van der Waals surface area contributed by atoms with Crippen molar-refractivity contribution in [1.82, 2.24) is 5.32 Å². The third kappa shape index (κ3) is 7.57. The van der Waals surface area contributed by atoms with E-state index in [1.807, 2.05) is 6.07 Å². The number of ether oxygens (including phenoxy) is 1. The Morgan fingerprint density at radius 1 is 0.931 bits per heavy atom. The molecule has 0 atom stereocenters. The molecule has 0 saturated carbocycles. The highest BCUT2D eigenvalue weighted by molar-refractivity contribution is 9.10.